The van der Waals surface area contributed by atoms with E-state index in [4.69, 9.17) is 9.47 Å². The van der Waals surface area contributed by atoms with Crippen molar-refractivity contribution in [2.24, 2.45) is 5.41 Å². The van der Waals surface area contributed by atoms with Gasteiger partial charge in [0.05, 0.1) is 7.11 Å². The summed E-state index contributed by atoms with van der Waals surface area (Å²) in [5, 5.41) is 0. The zero-order valence-corrected chi connectivity index (χ0v) is 17.2. The molecule has 0 bridgehead atoms. The maximum Gasteiger partial charge on any atom is 0.246 e. The molecule has 152 valence electrons. The molecule has 0 radical (unpaired) electrons. The van der Waals surface area contributed by atoms with Crippen LogP contribution in [0, 0.1) is 5.41 Å². The van der Waals surface area contributed by atoms with Crippen LogP contribution in [0.3, 0.4) is 0 Å². The number of rotatable bonds is 6. The number of amides is 2. The van der Waals surface area contributed by atoms with E-state index in [0.29, 0.717) is 44.3 Å². The zero-order valence-electron chi connectivity index (χ0n) is 17.2. The third-order valence-corrected chi connectivity index (χ3v) is 4.48. The van der Waals surface area contributed by atoms with E-state index >= 15 is 0 Å². The van der Waals surface area contributed by atoms with Gasteiger partial charge in [0.1, 0.15) is 6.61 Å². The summed E-state index contributed by atoms with van der Waals surface area (Å²) in [6.07, 6.45) is 4.98. The fourth-order valence-electron chi connectivity index (χ4n) is 2.93. The summed E-state index contributed by atoms with van der Waals surface area (Å²) < 4.78 is 10.9. The molecule has 1 saturated heterocycles. The molecule has 1 aromatic rings. The van der Waals surface area contributed by atoms with E-state index in [1.165, 1.54) is 0 Å². The van der Waals surface area contributed by atoms with Crippen LogP contribution in [0.4, 0.5) is 0 Å². The minimum Gasteiger partial charge on any atom is -0.493 e. The second-order valence-corrected chi connectivity index (χ2v) is 7.71. The number of methoxy groups -OCH3 is 1. The van der Waals surface area contributed by atoms with E-state index in [1.807, 2.05) is 43.9 Å². The Balaban J connectivity index is 1.95. The van der Waals surface area contributed by atoms with Gasteiger partial charge in [0.25, 0.3) is 0 Å². The average Bonchev–Trinajstić information content (AvgIpc) is 2.69. The van der Waals surface area contributed by atoms with Gasteiger partial charge in [0.2, 0.25) is 11.8 Å². The van der Waals surface area contributed by atoms with Gasteiger partial charge in [-0.3, -0.25) is 9.59 Å². The lowest BCUT2D eigenvalue weighted by Gasteiger charge is -2.37. The molecular weight excluding hydrogens is 356 g/mol. The molecule has 2 rings (SSSR count). The number of hydrogen-bond acceptors (Lipinski definition) is 4. The molecule has 2 amide bonds. The van der Waals surface area contributed by atoms with Gasteiger partial charge in [-0.2, -0.15) is 0 Å². The van der Waals surface area contributed by atoms with Crippen LogP contribution in [0.5, 0.6) is 11.5 Å². The van der Waals surface area contributed by atoms with Crippen molar-refractivity contribution in [2.75, 3.05) is 39.9 Å². The first-order chi connectivity index (χ1) is 13.3. The number of carbonyl (C=O) groups is 2. The van der Waals surface area contributed by atoms with Gasteiger partial charge in [-0.05, 0) is 23.8 Å². The summed E-state index contributed by atoms with van der Waals surface area (Å²) >= 11 is 0. The fraction of sp³-hybridized carbons (Fsp3) is 0.455. The predicted octanol–water partition coefficient (Wildman–Crippen LogP) is 2.99. The number of benzene rings is 1. The largest absolute Gasteiger partial charge is 0.493 e. The van der Waals surface area contributed by atoms with Crippen molar-refractivity contribution in [3.63, 3.8) is 0 Å². The van der Waals surface area contributed by atoms with Gasteiger partial charge < -0.3 is 19.3 Å². The molecule has 0 atom stereocenters. The van der Waals surface area contributed by atoms with Gasteiger partial charge in [-0.25, -0.2) is 0 Å². The van der Waals surface area contributed by atoms with Crippen molar-refractivity contribution < 1.29 is 19.1 Å². The lowest BCUT2D eigenvalue weighted by Crippen LogP contribution is -2.52. The Morgan fingerprint density at radius 1 is 1.11 bits per heavy atom. The van der Waals surface area contributed by atoms with E-state index in [2.05, 4.69) is 6.58 Å². The van der Waals surface area contributed by atoms with Gasteiger partial charge in [-0.15, -0.1) is 0 Å². The summed E-state index contributed by atoms with van der Waals surface area (Å²) in [6.45, 7) is 12.0. The second-order valence-electron chi connectivity index (χ2n) is 7.71. The third kappa shape index (κ3) is 5.62. The number of hydrogen-bond donors (Lipinski definition) is 0. The predicted molar refractivity (Wildman–Crippen MR) is 110 cm³/mol. The molecule has 28 heavy (non-hydrogen) atoms. The van der Waals surface area contributed by atoms with Gasteiger partial charge in [0, 0.05) is 37.7 Å². The Kier molecular flexibility index (Phi) is 7.26. The minimum atomic E-state index is -0.396. The summed E-state index contributed by atoms with van der Waals surface area (Å²) in [5.41, 5.74) is 0.449. The molecule has 1 aromatic carbocycles. The fourth-order valence-corrected chi connectivity index (χ4v) is 2.93. The Morgan fingerprint density at radius 3 is 2.32 bits per heavy atom. The van der Waals surface area contributed by atoms with Crippen molar-refractivity contribution >= 4 is 17.9 Å². The first-order valence-corrected chi connectivity index (χ1v) is 9.44. The van der Waals surface area contributed by atoms with E-state index in [-0.39, 0.29) is 11.8 Å². The van der Waals surface area contributed by atoms with Crippen LogP contribution < -0.4 is 9.47 Å². The molecule has 1 aliphatic rings. The van der Waals surface area contributed by atoms with E-state index in [1.54, 1.807) is 30.2 Å². The second kappa shape index (κ2) is 9.44. The normalized spacial score (nSPS) is 14.9. The zero-order chi connectivity index (χ0) is 20.7. The molecule has 1 heterocycles. The SMILES string of the molecule is C=CCOc1ccc(/C=C/C(=O)N2CCN(C(=O)C(C)(C)C)CC2)cc1OC. The van der Waals surface area contributed by atoms with Crippen LogP contribution >= 0.6 is 0 Å². The molecule has 6 nitrogen and oxygen atoms in total. The van der Waals surface area contributed by atoms with Crippen molar-refractivity contribution in [1.82, 2.24) is 9.80 Å². The molecular formula is C22H30N2O4. The Bertz CT molecular complexity index is 741. The quantitative estimate of drug-likeness (QED) is 0.557. The van der Waals surface area contributed by atoms with Crippen molar-refractivity contribution in [2.45, 2.75) is 20.8 Å². The first kappa shape index (κ1) is 21.5. The molecule has 1 aliphatic heterocycles. The van der Waals surface area contributed by atoms with Crippen LogP contribution in [0.2, 0.25) is 0 Å². The number of carbonyl (C=O) groups excluding carboxylic acids is 2. The van der Waals surface area contributed by atoms with Crippen molar-refractivity contribution in [3.05, 3.63) is 42.5 Å². The highest BCUT2D eigenvalue weighted by Crippen LogP contribution is 2.28. The highest BCUT2D eigenvalue weighted by molar-refractivity contribution is 5.92. The Hall–Kier alpha value is -2.76. The number of nitrogens with zero attached hydrogens (tertiary/aromatic N) is 2. The van der Waals surface area contributed by atoms with Gasteiger partial charge in [0.15, 0.2) is 11.5 Å². The molecule has 1 fully saturated rings. The molecule has 0 spiro atoms. The smallest absolute Gasteiger partial charge is 0.246 e. The van der Waals surface area contributed by atoms with E-state index < -0.39 is 5.41 Å². The lowest BCUT2D eigenvalue weighted by molar-refractivity contribution is -0.143. The minimum absolute atomic E-state index is 0.0613. The Labute approximate surface area is 167 Å². The summed E-state index contributed by atoms with van der Waals surface area (Å²) in [7, 11) is 1.58. The Morgan fingerprint density at radius 2 is 1.75 bits per heavy atom. The van der Waals surface area contributed by atoms with Gasteiger partial charge in [-0.1, -0.05) is 39.5 Å². The van der Waals surface area contributed by atoms with Crippen LogP contribution in [0.15, 0.2) is 36.9 Å². The van der Waals surface area contributed by atoms with Crippen LogP contribution in [0.25, 0.3) is 6.08 Å². The topological polar surface area (TPSA) is 59.1 Å². The monoisotopic (exact) mass is 386 g/mol. The van der Waals surface area contributed by atoms with Gasteiger partial charge >= 0.3 is 0 Å². The van der Waals surface area contributed by atoms with Crippen molar-refractivity contribution in [3.8, 4) is 11.5 Å². The number of piperazine rings is 1. The third-order valence-electron chi connectivity index (χ3n) is 4.48. The molecule has 0 saturated carbocycles. The maximum atomic E-state index is 12.5. The average molecular weight is 386 g/mol. The molecule has 6 heteroatoms. The number of ether oxygens (including phenoxy) is 2. The van der Waals surface area contributed by atoms with Crippen LogP contribution in [-0.4, -0.2) is 61.5 Å². The van der Waals surface area contributed by atoms with Crippen LogP contribution in [-0.2, 0) is 9.59 Å². The van der Waals surface area contributed by atoms with Crippen LogP contribution in [0.1, 0.15) is 26.3 Å². The standard InChI is InChI=1S/C22H30N2O4/c1-6-15-28-18-9-7-17(16-19(18)27-5)8-10-20(25)23-11-13-24(14-12-23)21(26)22(2,3)4/h6-10,16H,1,11-15H2,2-5H3/b10-8+. The lowest BCUT2D eigenvalue weighted by atomic mass is 9.94. The molecule has 0 aromatic heterocycles. The summed E-state index contributed by atoms with van der Waals surface area (Å²) in [5.74, 6) is 1.30. The molecule has 0 unspecified atom stereocenters. The maximum absolute atomic E-state index is 12.5. The van der Waals surface area contributed by atoms with E-state index in [9.17, 15) is 9.59 Å². The van der Waals surface area contributed by atoms with Crippen molar-refractivity contribution in [1.29, 1.82) is 0 Å². The highest BCUT2D eigenvalue weighted by Gasteiger charge is 2.30. The summed E-state index contributed by atoms with van der Waals surface area (Å²) in [4.78, 5) is 28.4. The summed E-state index contributed by atoms with van der Waals surface area (Å²) in [6, 6.07) is 5.50. The highest BCUT2D eigenvalue weighted by atomic mass is 16.5. The van der Waals surface area contributed by atoms with E-state index in [0.717, 1.165) is 5.56 Å². The molecule has 0 aliphatic carbocycles. The molecule has 0 N–H and O–H groups in total. The first-order valence-electron chi connectivity index (χ1n) is 9.44.